The number of carbonyl (C=O) groups is 1. The molecular formula is C18H24N2O3. The van der Waals surface area contributed by atoms with Gasteiger partial charge in [0.25, 0.3) is 0 Å². The van der Waals surface area contributed by atoms with E-state index in [0.29, 0.717) is 5.56 Å². The molecule has 1 aromatic carbocycles. The van der Waals surface area contributed by atoms with E-state index in [2.05, 4.69) is 31.4 Å². The second kappa shape index (κ2) is 5.57. The van der Waals surface area contributed by atoms with Crippen LogP contribution in [0.25, 0.3) is 5.70 Å². The van der Waals surface area contributed by atoms with Gasteiger partial charge in [-0.3, -0.25) is 0 Å². The minimum absolute atomic E-state index is 0.0901. The summed E-state index contributed by atoms with van der Waals surface area (Å²) in [4.78, 5) is 12.0. The molecule has 0 aliphatic carbocycles. The molecule has 5 heteroatoms. The van der Waals surface area contributed by atoms with Gasteiger partial charge < -0.3 is 20.1 Å². The van der Waals surface area contributed by atoms with Gasteiger partial charge in [0.15, 0.2) is 0 Å². The number of rotatable bonds is 3. The molecule has 0 spiro atoms. The molecule has 1 unspecified atom stereocenters. The van der Waals surface area contributed by atoms with Crippen LogP contribution in [0.3, 0.4) is 0 Å². The van der Waals surface area contributed by atoms with Crippen molar-refractivity contribution in [1.29, 1.82) is 0 Å². The van der Waals surface area contributed by atoms with E-state index in [9.17, 15) is 4.79 Å². The SMILES string of the molecule is COC(=O)c1cc(C2=C(C)NC(C3(C)COC3)N2)c(C)cc1C. The van der Waals surface area contributed by atoms with E-state index in [1.807, 2.05) is 19.1 Å². The zero-order chi connectivity index (χ0) is 16.8. The molecule has 1 aromatic rings. The van der Waals surface area contributed by atoms with Gasteiger partial charge in [-0.15, -0.1) is 0 Å². The number of benzene rings is 1. The molecule has 124 valence electrons. The van der Waals surface area contributed by atoms with Crippen molar-refractivity contribution in [3.63, 3.8) is 0 Å². The highest BCUT2D eigenvalue weighted by atomic mass is 16.5. The first-order valence-electron chi connectivity index (χ1n) is 7.87. The minimum atomic E-state index is -0.302. The molecule has 1 fully saturated rings. The third kappa shape index (κ3) is 2.59. The summed E-state index contributed by atoms with van der Waals surface area (Å²) in [7, 11) is 1.41. The maximum absolute atomic E-state index is 12.0. The Morgan fingerprint density at radius 1 is 1.22 bits per heavy atom. The Morgan fingerprint density at radius 3 is 2.48 bits per heavy atom. The number of esters is 1. The van der Waals surface area contributed by atoms with Crippen LogP contribution in [0.4, 0.5) is 0 Å². The first-order valence-corrected chi connectivity index (χ1v) is 7.87. The average molecular weight is 316 g/mol. The third-order valence-corrected chi connectivity index (χ3v) is 4.83. The lowest BCUT2D eigenvalue weighted by atomic mass is 9.85. The van der Waals surface area contributed by atoms with Crippen LogP contribution in [0.5, 0.6) is 0 Å². The maximum Gasteiger partial charge on any atom is 0.338 e. The molecule has 0 aromatic heterocycles. The Hall–Kier alpha value is -2.01. The number of ether oxygens (including phenoxy) is 2. The summed E-state index contributed by atoms with van der Waals surface area (Å²) in [6.45, 7) is 9.76. The van der Waals surface area contributed by atoms with E-state index in [1.54, 1.807) is 0 Å². The van der Waals surface area contributed by atoms with E-state index >= 15 is 0 Å². The van der Waals surface area contributed by atoms with Crippen molar-refractivity contribution in [2.75, 3.05) is 20.3 Å². The normalized spacial score (nSPS) is 22.2. The maximum atomic E-state index is 12.0. The Labute approximate surface area is 137 Å². The quantitative estimate of drug-likeness (QED) is 0.838. The van der Waals surface area contributed by atoms with Crippen molar-refractivity contribution < 1.29 is 14.3 Å². The highest BCUT2D eigenvalue weighted by Gasteiger charge is 2.44. The van der Waals surface area contributed by atoms with Crippen LogP contribution >= 0.6 is 0 Å². The van der Waals surface area contributed by atoms with Gasteiger partial charge in [0.2, 0.25) is 0 Å². The molecule has 23 heavy (non-hydrogen) atoms. The van der Waals surface area contributed by atoms with Crippen molar-refractivity contribution in [3.05, 3.63) is 40.1 Å². The van der Waals surface area contributed by atoms with Crippen molar-refractivity contribution in [3.8, 4) is 0 Å². The predicted octanol–water partition coefficient (Wildman–Crippen LogP) is 2.33. The van der Waals surface area contributed by atoms with E-state index in [1.165, 1.54) is 7.11 Å². The summed E-state index contributed by atoms with van der Waals surface area (Å²) in [5.74, 6) is -0.302. The summed E-state index contributed by atoms with van der Waals surface area (Å²) in [5.41, 5.74) is 5.93. The summed E-state index contributed by atoms with van der Waals surface area (Å²) >= 11 is 0. The zero-order valence-electron chi connectivity index (χ0n) is 14.4. The minimum Gasteiger partial charge on any atom is -0.465 e. The molecule has 3 rings (SSSR count). The van der Waals surface area contributed by atoms with Gasteiger partial charge in [0.1, 0.15) is 6.17 Å². The van der Waals surface area contributed by atoms with Crippen molar-refractivity contribution in [2.24, 2.45) is 5.41 Å². The highest BCUT2D eigenvalue weighted by Crippen LogP contribution is 2.35. The molecule has 2 aliphatic rings. The van der Waals surface area contributed by atoms with Crippen LogP contribution in [0.1, 0.15) is 40.9 Å². The van der Waals surface area contributed by atoms with Gasteiger partial charge in [-0.1, -0.05) is 13.0 Å². The molecule has 2 heterocycles. The number of hydrogen-bond donors (Lipinski definition) is 2. The highest BCUT2D eigenvalue weighted by molar-refractivity contribution is 5.92. The Bertz CT molecular complexity index is 690. The molecular weight excluding hydrogens is 292 g/mol. The van der Waals surface area contributed by atoms with E-state index in [0.717, 1.165) is 41.3 Å². The topological polar surface area (TPSA) is 59.6 Å². The third-order valence-electron chi connectivity index (χ3n) is 4.83. The number of allylic oxidation sites excluding steroid dienone is 1. The lowest BCUT2D eigenvalue weighted by Crippen LogP contribution is -2.57. The number of nitrogens with one attached hydrogen (secondary N) is 2. The first-order chi connectivity index (χ1) is 10.9. The standard InChI is InChI=1S/C18H24N2O3/c1-10-6-11(2)14(16(21)22-5)7-13(10)15-12(3)19-17(20-15)18(4)8-23-9-18/h6-7,17,19-20H,8-9H2,1-5H3. The number of aryl methyl sites for hydroxylation is 2. The fraction of sp³-hybridized carbons (Fsp3) is 0.500. The monoisotopic (exact) mass is 316 g/mol. The largest absolute Gasteiger partial charge is 0.465 e. The van der Waals surface area contributed by atoms with E-state index in [4.69, 9.17) is 9.47 Å². The van der Waals surface area contributed by atoms with Gasteiger partial charge in [-0.25, -0.2) is 4.79 Å². The van der Waals surface area contributed by atoms with Crippen LogP contribution in [0, 0.1) is 19.3 Å². The number of methoxy groups -OCH3 is 1. The van der Waals surface area contributed by atoms with E-state index < -0.39 is 0 Å². The van der Waals surface area contributed by atoms with Crippen LogP contribution < -0.4 is 10.6 Å². The van der Waals surface area contributed by atoms with Gasteiger partial charge in [-0.05, 0) is 38.0 Å². The fourth-order valence-corrected chi connectivity index (χ4v) is 3.25. The summed E-state index contributed by atoms with van der Waals surface area (Å²) in [6, 6.07) is 3.96. The lowest BCUT2D eigenvalue weighted by Gasteiger charge is -2.43. The van der Waals surface area contributed by atoms with Gasteiger partial charge in [0.05, 0.1) is 37.0 Å². The Balaban J connectivity index is 1.95. The molecule has 2 aliphatic heterocycles. The average Bonchev–Trinajstić information content (AvgIpc) is 2.86. The molecule has 0 bridgehead atoms. The number of carbonyl (C=O) groups excluding carboxylic acids is 1. The fourth-order valence-electron chi connectivity index (χ4n) is 3.25. The van der Waals surface area contributed by atoms with E-state index in [-0.39, 0.29) is 17.6 Å². The predicted molar refractivity (Wildman–Crippen MR) is 88.8 cm³/mol. The molecule has 1 atom stereocenters. The molecule has 0 saturated carbocycles. The molecule has 2 N–H and O–H groups in total. The summed E-state index contributed by atoms with van der Waals surface area (Å²) in [5, 5.41) is 7.10. The molecule has 5 nitrogen and oxygen atoms in total. The van der Waals surface area contributed by atoms with Gasteiger partial charge >= 0.3 is 5.97 Å². The smallest absolute Gasteiger partial charge is 0.338 e. The van der Waals surface area contributed by atoms with Crippen molar-refractivity contribution >= 4 is 11.7 Å². The lowest BCUT2D eigenvalue weighted by molar-refractivity contribution is -0.121. The van der Waals surface area contributed by atoms with Crippen LogP contribution in [-0.4, -0.2) is 32.5 Å². The Morgan fingerprint density at radius 2 is 1.91 bits per heavy atom. The second-order valence-electron chi connectivity index (χ2n) is 6.84. The molecule has 0 radical (unpaired) electrons. The van der Waals surface area contributed by atoms with Crippen molar-refractivity contribution in [1.82, 2.24) is 10.6 Å². The van der Waals surface area contributed by atoms with Gasteiger partial charge in [0, 0.05) is 11.3 Å². The van der Waals surface area contributed by atoms with Crippen LogP contribution in [-0.2, 0) is 9.47 Å². The van der Waals surface area contributed by atoms with Crippen LogP contribution in [0.15, 0.2) is 17.8 Å². The van der Waals surface area contributed by atoms with Crippen LogP contribution in [0.2, 0.25) is 0 Å². The van der Waals surface area contributed by atoms with Gasteiger partial charge in [-0.2, -0.15) is 0 Å². The molecule has 1 saturated heterocycles. The van der Waals surface area contributed by atoms with Crippen molar-refractivity contribution in [2.45, 2.75) is 33.9 Å². The summed E-state index contributed by atoms with van der Waals surface area (Å²) < 4.78 is 10.3. The summed E-state index contributed by atoms with van der Waals surface area (Å²) in [6.07, 6.45) is 0.147. The number of hydrogen-bond acceptors (Lipinski definition) is 5. The zero-order valence-corrected chi connectivity index (χ0v) is 14.4. The second-order valence-corrected chi connectivity index (χ2v) is 6.84. The Kier molecular flexibility index (Phi) is 3.84. The first kappa shape index (κ1) is 15.9. The molecule has 0 amide bonds.